The molecular weight excluding hydrogens is 252 g/mol. The van der Waals surface area contributed by atoms with E-state index in [-0.39, 0.29) is 5.03 Å². The quantitative estimate of drug-likeness (QED) is 0.848. The largest absolute Gasteiger partial charge is 0.335 e. The number of hydrogen-bond acceptors (Lipinski definition) is 4. The predicted molar refractivity (Wildman–Crippen MR) is 68.7 cm³/mol. The Kier molecular flexibility index (Phi) is 4.04. The van der Waals surface area contributed by atoms with Crippen molar-refractivity contribution in [3.05, 3.63) is 12.5 Å². The van der Waals surface area contributed by atoms with Gasteiger partial charge in [-0.3, -0.25) is 4.90 Å². The van der Waals surface area contributed by atoms with Gasteiger partial charge in [0.05, 0.1) is 12.5 Å². The molecule has 1 unspecified atom stereocenters. The molecular formula is C11H20N4O2S. The maximum atomic E-state index is 12.2. The van der Waals surface area contributed by atoms with Gasteiger partial charge in [-0.05, 0) is 25.9 Å². The highest BCUT2D eigenvalue weighted by Crippen LogP contribution is 2.19. The molecule has 1 aromatic rings. The van der Waals surface area contributed by atoms with Crippen LogP contribution in [0.15, 0.2) is 17.6 Å². The van der Waals surface area contributed by atoms with E-state index >= 15 is 0 Å². The zero-order valence-electron chi connectivity index (χ0n) is 10.8. The molecule has 2 rings (SSSR count). The Hall–Kier alpha value is -0.920. The van der Waals surface area contributed by atoms with E-state index < -0.39 is 10.0 Å². The van der Waals surface area contributed by atoms with Gasteiger partial charge >= 0.3 is 0 Å². The molecule has 1 N–H and O–H groups in total. The Morgan fingerprint density at radius 3 is 3.00 bits per heavy atom. The van der Waals surface area contributed by atoms with Crippen molar-refractivity contribution in [3.8, 4) is 0 Å². The lowest BCUT2D eigenvalue weighted by atomic mass is 10.2. The summed E-state index contributed by atoms with van der Waals surface area (Å²) in [5.74, 6) is 0. The van der Waals surface area contributed by atoms with Crippen molar-refractivity contribution >= 4 is 10.0 Å². The number of nitrogens with one attached hydrogen (secondary N) is 1. The Balaban J connectivity index is 2.06. The average Bonchev–Trinajstić information content (AvgIpc) is 2.99. The number of aromatic nitrogens is 2. The number of rotatable bonds is 5. The monoisotopic (exact) mass is 272 g/mol. The lowest BCUT2D eigenvalue weighted by Crippen LogP contribution is -2.41. The Morgan fingerprint density at radius 2 is 2.39 bits per heavy atom. The number of nitrogens with zero attached hydrogens (tertiary/aromatic N) is 3. The molecule has 0 aliphatic carbocycles. The standard InChI is InChI=1S/C11H20N4O2S/c1-3-15-6-4-5-10(15)8-14(2)18(16,17)11-7-12-9-13-11/h7,9-10H,3-6,8H2,1-2H3,(H,12,13). The number of hydrogen-bond donors (Lipinski definition) is 1. The van der Waals surface area contributed by atoms with Gasteiger partial charge in [-0.2, -0.15) is 4.31 Å². The molecule has 1 atom stereocenters. The highest BCUT2D eigenvalue weighted by molar-refractivity contribution is 7.89. The van der Waals surface area contributed by atoms with Crippen molar-refractivity contribution in [2.24, 2.45) is 0 Å². The number of aromatic amines is 1. The summed E-state index contributed by atoms with van der Waals surface area (Å²) in [6.07, 6.45) is 4.94. The summed E-state index contributed by atoms with van der Waals surface area (Å²) in [5, 5.41) is 0.158. The molecule has 1 saturated heterocycles. The number of imidazole rings is 1. The van der Waals surface area contributed by atoms with E-state index in [2.05, 4.69) is 21.8 Å². The fourth-order valence-electron chi connectivity index (χ4n) is 2.47. The van der Waals surface area contributed by atoms with Crippen molar-refractivity contribution in [2.45, 2.75) is 30.8 Å². The van der Waals surface area contributed by atoms with Crippen molar-refractivity contribution in [1.29, 1.82) is 0 Å². The molecule has 0 saturated carbocycles. The molecule has 0 amide bonds. The van der Waals surface area contributed by atoms with E-state index in [1.54, 1.807) is 7.05 Å². The van der Waals surface area contributed by atoms with Crippen LogP contribution in [0, 0.1) is 0 Å². The van der Waals surface area contributed by atoms with E-state index in [1.807, 2.05) is 0 Å². The van der Waals surface area contributed by atoms with E-state index in [0.717, 1.165) is 25.9 Å². The minimum Gasteiger partial charge on any atom is -0.335 e. The van der Waals surface area contributed by atoms with Crippen LogP contribution in [-0.2, 0) is 10.0 Å². The Labute approximate surface area is 108 Å². The van der Waals surface area contributed by atoms with Crippen LogP contribution in [0.4, 0.5) is 0 Å². The van der Waals surface area contributed by atoms with E-state index in [0.29, 0.717) is 12.6 Å². The molecule has 6 nitrogen and oxygen atoms in total. The summed E-state index contributed by atoms with van der Waals surface area (Å²) < 4.78 is 25.8. The first-order valence-corrected chi connectivity index (χ1v) is 7.68. The second-order valence-electron chi connectivity index (χ2n) is 4.63. The lowest BCUT2D eigenvalue weighted by molar-refractivity contribution is 0.237. The molecule has 1 fully saturated rings. The van der Waals surface area contributed by atoms with Gasteiger partial charge in [0.25, 0.3) is 10.0 Å². The average molecular weight is 272 g/mol. The maximum absolute atomic E-state index is 12.2. The van der Waals surface area contributed by atoms with E-state index in [9.17, 15) is 8.42 Å². The zero-order valence-corrected chi connectivity index (χ0v) is 11.7. The summed E-state index contributed by atoms with van der Waals surface area (Å²) in [7, 11) is -1.80. The first kappa shape index (κ1) is 13.5. The van der Waals surface area contributed by atoms with Gasteiger partial charge in [0.15, 0.2) is 5.03 Å². The number of likely N-dealkylation sites (N-methyl/N-ethyl adjacent to an activating group) is 2. The second kappa shape index (κ2) is 5.38. The third kappa shape index (κ3) is 2.57. The molecule has 1 aliphatic heterocycles. The van der Waals surface area contributed by atoms with Crippen LogP contribution in [-0.4, -0.2) is 60.3 Å². The highest BCUT2D eigenvalue weighted by Gasteiger charge is 2.29. The topological polar surface area (TPSA) is 69.3 Å². The molecule has 0 spiro atoms. The highest BCUT2D eigenvalue weighted by atomic mass is 32.2. The van der Waals surface area contributed by atoms with Gasteiger partial charge < -0.3 is 4.98 Å². The number of sulfonamides is 1. The fraction of sp³-hybridized carbons (Fsp3) is 0.727. The van der Waals surface area contributed by atoms with Crippen molar-refractivity contribution in [1.82, 2.24) is 19.2 Å². The molecule has 0 bridgehead atoms. The SMILES string of the molecule is CCN1CCCC1CN(C)S(=O)(=O)c1cnc[nH]1. The van der Waals surface area contributed by atoms with Crippen molar-refractivity contribution in [2.75, 3.05) is 26.7 Å². The normalized spacial score (nSPS) is 21.8. The number of H-pyrrole nitrogens is 1. The molecule has 0 aromatic carbocycles. The summed E-state index contributed by atoms with van der Waals surface area (Å²) in [5.41, 5.74) is 0. The van der Waals surface area contributed by atoms with Gasteiger partial charge in [0.2, 0.25) is 0 Å². The summed E-state index contributed by atoms with van der Waals surface area (Å²) in [6.45, 7) is 4.69. The molecule has 1 aliphatic rings. The third-order valence-electron chi connectivity index (χ3n) is 3.53. The van der Waals surface area contributed by atoms with Crippen LogP contribution in [0.2, 0.25) is 0 Å². The van der Waals surface area contributed by atoms with Crippen LogP contribution < -0.4 is 0 Å². The smallest absolute Gasteiger partial charge is 0.259 e. The summed E-state index contributed by atoms with van der Waals surface area (Å²) in [4.78, 5) is 8.75. The minimum absolute atomic E-state index is 0.158. The first-order chi connectivity index (χ1) is 8.55. The van der Waals surface area contributed by atoms with Gasteiger partial charge in [0.1, 0.15) is 0 Å². The van der Waals surface area contributed by atoms with Gasteiger partial charge in [-0.15, -0.1) is 0 Å². The molecule has 18 heavy (non-hydrogen) atoms. The summed E-state index contributed by atoms with van der Waals surface area (Å²) >= 11 is 0. The van der Waals surface area contributed by atoms with Gasteiger partial charge in [-0.25, -0.2) is 13.4 Å². The van der Waals surface area contributed by atoms with Crippen LogP contribution >= 0.6 is 0 Å². The third-order valence-corrected chi connectivity index (χ3v) is 5.28. The first-order valence-electron chi connectivity index (χ1n) is 6.24. The van der Waals surface area contributed by atoms with Crippen LogP contribution in [0.5, 0.6) is 0 Å². The van der Waals surface area contributed by atoms with Crippen molar-refractivity contribution in [3.63, 3.8) is 0 Å². The second-order valence-corrected chi connectivity index (χ2v) is 6.64. The van der Waals surface area contributed by atoms with Gasteiger partial charge in [-0.1, -0.05) is 6.92 Å². The van der Waals surface area contributed by atoms with E-state index in [1.165, 1.54) is 16.8 Å². The zero-order chi connectivity index (χ0) is 13.2. The van der Waals surface area contributed by atoms with Crippen LogP contribution in [0.3, 0.4) is 0 Å². The van der Waals surface area contributed by atoms with Crippen LogP contribution in [0.25, 0.3) is 0 Å². The van der Waals surface area contributed by atoms with Gasteiger partial charge in [0, 0.05) is 19.6 Å². The minimum atomic E-state index is -3.43. The Bertz CT molecular complexity index is 471. The van der Waals surface area contributed by atoms with E-state index in [4.69, 9.17) is 0 Å². The Morgan fingerprint density at radius 1 is 1.61 bits per heavy atom. The lowest BCUT2D eigenvalue weighted by Gasteiger charge is -2.26. The maximum Gasteiger partial charge on any atom is 0.259 e. The molecule has 0 radical (unpaired) electrons. The molecule has 1 aromatic heterocycles. The van der Waals surface area contributed by atoms with Crippen molar-refractivity contribution < 1.29 is 8.42 Å². The molecule has 2 heterocycles. The van der Waals surface area contributed by atoms with Crippen LogP contribution in [0.1, 0.15) is 19.8 Å². The predicted octanol–water partition coefficient (Wildman–Crippen LogP) is 0.515. The fourth-order valence-corrected chi connectivity index (χ4v) is 3.57. The summed E-state index contributed by atoms with van der Waals surface area (Å²) in [6, 6.07) is 0.331. The number of likely N-dealkylation sites (tertiary alicyclic amines) is 1. The molecule has 7 heteroatoms. The molecule has 102 valence electrons.